The Bertz CT molecular complexity index is 836. The fraction of sp³-hybridized carbons (Fsp3) is 0.118. The van der Waals surface area contributed by atoms with Gasteiger partial charge in [-0.05, 0) is 29.4 Å². The number of carbonyl (C=O) groups excluding carboxylic acids is 1. The second kappa shape index (κ2) is 6.91. The normalized spacial score (nSPS) is 11.8. The van der Waals surface area contributed by atoms with Gasteiger partial charge in [0.2, 0.25) is 5.82 Å². The maximum absolute atomic E-state index is 13.6. The zero-order valence-electron chi connectivity index (χ0n) is 12.8. The fourth-order valence-electron chi connectivity index (χ4n) is 2.06. The van der Waals surface area contributed by atoms with Gasteiger partial charge in [0.1, 0.15) is 0 Å². The van der Waals surface area contributed by atoms with Crippen molar-refractivity contribution in [3.63, 3.8) is 0 Å². The van der Waals surface area contributed by atoms with Gasteiger partial charge in [-0.3, -0.25) is 4.79 Å². The van der Waals surface area contributed by atoms with Gasteiger partial charge in [-0.2, -0.15) is 0 Å². The van der Waals surface area contributed by atoms with E-state index in [1.807, 2.05) is 30.3 Å². The first-order valence-electron chi connectivity index (χ1n) is 7.25. The third-order valence-corrected chi connectivity index (χ3v) is 3.29. The highest BCUT2D eigenvalue weighted by Crippen LogP contribution is 2.24. The molecule has 1 heterocycles. The number of hydrogen-bond donors (Lipinski definition) is 1. The van der Waals surface area contributed by atoms with Gasteiger partial charge in [0.25, 0.3) is 5.91 Å². The molecule has 0 aliphatic heterocycles. The third kappa shape index (κ3) is 3.40. The molecule has 3 aromatic rings. The number of halogens is 1. The van der Waals surface area contributed by atoms with Crippen LogP contribution in [0, 0.1) is 5.82 Å². The number of benzene rings is 2. The van der Waals surface area contributed by atoms with Crippen LogP contribution in [-0.2, 0) is 4.79 Å². The zero-order valence-corrected chi connectivity index (χ0v) is 12.8. The lowest BCUT2D eigenvalue weighted by molar-refractivity contribution is -0.122. The van der Waals surface area contributed by atoms with Gasteiger partial charge >= 0.3 is 0 Å². The van der Waals surface area contributed by atoms with Gasteiger partial charge in [-0.1, -0.05) is 42.5 Å². The number of aromatic nitrogens is 2. The molecule has 0 fully saturated rings. The smallest absolute Gasteiger partial charge is 0.266 e. The molecule has 3 rings (SSSR count). The van der Waals surface area contributed by atoms with Gasteiger partial charge in [-0.15, -0.1) is 0 Å². The molecule has 0 saturated carbocycles. The second-order valence-corrected chi connectivity index (χ2v) is 5.01. The lowest BCUT2D eigenvalue weighted by Crippen LogP contribution is -2.30. The highest BCUT2D eigenvalue weighted by atomic mass is 19.1. The van der Waals surface area contributed by atoms with Crippen molar-refractivity contribution in [1.29, 1.82) is 0 Å². The molecule has 0 spiro atoms. The van der Waals surface area contributed by atoms with Crippen molar-refractivity contribution in [3.05, 3.63) is 60.4 Å². The lowest BCUT2D eigenvalue weighted by Gasteiger charge is -2.14. The van der Waals surface area contributed by atoms with Crippen LogP contribution in [0.15, 0.2) is 59.2 Å². The molecule has 0 saturated heterocycles. The minimum atomic E-state index is -0.928. The molecule has 1 atom stereocenters. The molecule has 0 aliphatic rings. The number of carbonyl (C=O) groups is 1. The average molecular weight is 327 g/mol. The van der Waals surface area contributed by atoms with E-state index in [0.29, 0.717) is 5.69 Å². The van der Waals surface area contributed by atoms with Crippen LogP contribution >= 0.6 is 0 Å². The van der Waals surface area contributed by atoms with Crippen molar-refractivity contribution in [1.82, 2.24) is 10.3 Å². The Kier molecular flexibility index (Phi) is 4.51. The van der Waals surface area contributed by atoms with Crippen molar-refractivity contribution < 1.29 is 18.6 Å². The van der Waals surface area contributed by atoms with Crippen LogP contribution in [0.5, 0.6) is 5.75 Å². The number of anilines is 1. The van der Waals surface area contributed by atoms with Crippen molar-refractivity contribution in [3.8, 4) is 17.0 Å². The molecule has 0 bridgehead atoms. The third-order valence-electron chi connectivity index (χ3n) is 3.29. The molecular weight excluding hydrogens is 313 g/mol. The molecule has 1 N–H and O–H groups in total. The molecule has 0 radical (unpaired) electrons. The summed E-state index contributed by atoms with van der Waals surface area (Å²) in [4.78, 5) is 12.2. The lowest BCUT2D eigenvalue weighted by atomic mass is 10.1. The van der Waals surface area contributed by atoms with Crippen molar-refractivity contribution in [2.45, 2.75) is 13.0 Å². The van der Waals surface area contributed by atoms with E-state index in [-0.39, 0.29) is 11.6 Å². The molecule has 6 nitrogen and oxygen atoms in total. The van der Waals surface area contributed by atoms with Gasteiger partial charge in [0, 0.05) is 5.56 Å². The standard InChI is InChI=1S/C17H14FN3O3/c1-11(23-14-10-6-5-9-13(14)18)17(22)19-16-15(20-24-21-16)12-7-3-2-4-8-12/h2-11H,1H3,(H,19,21,22). The van der Waals surface area contributed by atoms with Crippen LogP contribution in [0.25, 0.3) is 11.3 Å². The number of amides is 1. The van der Waals surface area contributed by atoms with E-state index in [4.69, 9.17) is 9.37 Å². The first-order chi connectivity index (χ1) is 11.6. The summed E-state index contributed by atoms with van der Waals surface area (Å²) in [5, 5.41) is 10.1. The van der Waals surface area contributed by atoms with Crippen LogP contribution < -0.4 is 10.1 Å². The Hall–Kier alpha value is -3.22. The SMILES string of the molecule is CC(Oc1ccccc1F)C(=O)Nc1nonc1-c1ccccc1. The highest BCUT2D eigenvalue weighted by molar-refractivity contribution is 5.95. The Morgan fingerprint density at radius 2 is 1.83 bits per heavy atom. The molecule has 24 heavy (non-hydrogen) atoms. The molecule has 122 valence electrons. The van der Waals surface area contributed by atoms with Gasteiger partial charge in [0.15, 0.2) is 23.4 Å². The summed E-state index contributed by atoms with van der Waals surface area (Å²) < 4.78 is 23.6. The number of para-hydroxylation sites is 1. The summed E-state index contributed by atoms with van der Waals surface area (Å²) in [6.45, 7) is 1.51. The number of rotatable bonds is 5. The van der Waals surface area contributed by atoms with E-state index in [9.17, 15) is 9.18 Å². The predicted octanol–water partition coefficient (Wildman–Crippen LogP) is 3.28. The fourth-order valence-corrected chi connectivity index (χ4v) is 2.06. The summed E-state index contributed by atoms with van der Waals surface area (Å²) in [7, 11) is 0. The number of nitrogens with zero attached hydrogens (tertiary/aromatic N) is 2. The summed E-state index contributed by atoms with van der Waals surface area (Å²) in [5.41, 5.74) is 1.15. The summed E-state index contributed by atoms with van der Waals surface area (Å²) in [5.74, 6) is -0.853. The molecule has 2 aromatic carbocycles. The highest BCUT2D eigenvalue weighted by Gasteiger charge is 2.21. The van der Waals surface area contributed by atoms with E-state index in [1.165, 1.54) is 19.1 Å². The maximum atomic E-state index is 13.6. The first-order valence-corrected chi connectivity index (χ1v) is 7.25. The predicted molar refractivity (Wildman–Crippen MR) is 84.9 cm³/mol. The molecule has 1 aromatic heterocycles. The second-order valence-electron chi connectivity index (χ2n) is 5.01. The van der Waals surface area contributed by atoms with Crippen LogP contribution in [-0.4, -0.2) is 22.3 Å². The first kappa shape index (κ1) is 15.7. The quantitative estimate of drug-likeness (QED) is 0.778. The average Bonchev–Trinajstić information content (AvgIpc) is 3.05. The topological polar surface area (TPSA) is 77.2 Å². The Balaban J connectivity index is 1.72. The van der Waals surface area contributed by atoms with Crippen molar-refractivity contribution in [2.75, 3.05) is 5.32 Å². The monoisotopic (exact) mass is 327 g/mol. The maximum Gasteiger partial charge on any atom is 0.266 e. The molecule has 1 amide bonds. The molecule has 0 aliphatic carbocycles. The largest absolute Gasteiger partial charge is 0.478 e. The van der Waals surface area contributed by atoms with Crippen LogP contribution in [0.1, 0.15) is 6.92 Å². The molecule has 7 heteroatoms. The number of ether oxygens (including phenoxy) is 1. The molecule has 1 unspecified atom stereocenters. The Labute approximate surface area is 137 Å². The summed E-state index contributed by atoms with van der Waals surface area (Å²) in [6, 6.07) is 15.0. The van der Waals surface area contributed by atoms with Gasteiger partial charge in [-0.25, -0.2) is 9.02 Å². The van der Waals surface area contributed by atoms with Crippen LogP contribution in [0.2, 0.25) is 0 Å². The van der Waals surface area contributed by atoms with E-state index < -0.39 is 17.8 Å². The Morgan fingerprint density at radius 1 is 1.12 bits per heavy atom. The zero-order chi connectivity index (χ0) is 16.9. The number of hydrogen-bond acceptors (Lipinski definition) is 5. The minimum absolute atomic E-state index is 0.00158. The van der Waals surface area contributed by atoms with Crippen LogP contribution in [0.4, 0.5) is 10.2 Å². The number of nitrogens with one attached hydrogen (secondary N) is 1. The van der Waals surface area contributed by atoms with E-state index >= 15 is 0 Å². The molecular formula is C17H14FN3O3. The van der Waals surface area contributed by atoms with E-state index in [2.05, 4.69) is 15.6 Å². The summed E-state index contributed by atoms with van der Waals surface area (Å²) >= 11 is 0. The summed E-state index contributed by atoms with van der Waals surface area (Å²) in [6.07, 6.45) is -0.928. The van der Waals surface area contributed by atoms with E-state index in [1.54, 1.807) is 12.1 Å². The minimum Gasteiger partial charge on any atom is -0.478 e. The van der Waals surface area contributed by atoms with Crippen LogP contribution in [0.3, 0.4) is 0 Å². The van der Waals surface area contributed by atoms with Gasteiger partial charge < -0.3 is 10.1 Å². The van der Waals surface area contributed by atoms with Crippen molar-refractivity contribution in [2.24, 2.45) is 0 Å². The van der Waals surface area contributed by atoms with E-state index in [0.717, 1.165) is 5.56 Å². The van der Waals surface area contributed by atoms with Gasteiger partial charge in [0.05, 0.1) is 0 Å². The Morgan fingerprint density at radius 3 is 2.58 bits per heavy atom. The van der Waals surface area contributed by atoms with Crippen molar-refractivity contribution >= 4 is 11.7 Å².